The molecule has 0 saturated heterocycles. The summed E-state index contributed by atoms with van der Waals surface area (Å²) in [5, 5.41) is 22.1. The predicted octanol–water partition coefficient (Wildman–Crippen LogP) is 11.0. The summed E-state index contributed by atoms with van der Waals surface area (Å²) >= 11 is 0. The topological polar surface area (TPSA) is 118 Å². The van der Waals surface area contributed by atoms with E-state index < -0.39 is 10.8 Å². The second-order valence-corrected chi connectivity index (χ2v) is 16.7. The number of aromatic nitrogens is 6. The molecule has 2 aliphatic rings. The lowest BCUT2D eigenvalue weighted by molar-refractivity contribution is 0.280. The minimum Gasteiger partial charge on any atom is -0.392 e. The summed E-state index contributed by atoms with van der Waals surface area (Å²) in [4.78, 5) is 33.2. The molecule has 0 radical (unpaired) electrons. The monoisotopic (exact) mass is 852 g/mol. The zero-order chi connectivity index (χ0) is 44.2. The second kappa shape index (κ2) is 15.7. The molecule has 2 unspecified atom stereocenters. The van der Waals surface area contributed by atoms with Crippen LogP contribution in [-0.2, 0) is 24.0 Å². The molecule has 12 rings (SSSR count). The summed E-state index contributed by atoms with van der Waals surface area (Å²) in [6, 6.07) is 69.4. The Morgan fingerprint density at radius 3 is 0.894 bits per heavy atom. The third-order valence-electron chi connectivity index (χ3n) is 13.2. The Morgan fingerprint density at radius 2 is 0.576 bits per heavy atom. The largest absolute Gasteiger partial charge is 0.392 e. The second-order valence-electron chi connectivity index (χ2n) is 16.7. The van der Waals surface area contributed by atoms with Crippen LogP contribution in [0.15, 0.2) is 206 Å². The molecule has 8 nitrogen and oxygen atoms in total. The summed E-state index contributed by atoms with van der Waals surface area (Å²) in [7, 11) is 0. The lowest BCUT2D eigenvalue weighted by atomic mass is 9.53. The molecular weight excluding hydrogens is 813 g/mol. The van der Waals surface area contributed by atoms with E-state index in [2.05, 4.69) is 72.8 Å². The average molecular weight is 853 g/mol. The number of rotatable bonds is 9. The highest BCUT2D eigenvalue weighted by atomic mass is 16.3. The molecule has 2 atom stereocenters. The van der Waals surface area contributed by atoms with Crippen molar-refractivity contribution in [2.45, 2.75) is 24.0 Å². The molecule has 0 saturated carbocycles. The van der Waals surface area contributed by atoms with Crippen LogP contribution in [-0.4, -0.2) is 40.1 Å². The number of hydrogen-bond donors (Lipinski definition) is 2. The van der Waals surface area contributed by atoms with Crippen LogP contribution in [0.25, 0.3) is 67.8 Å². The molecule has 8 aromatic carbocycles. The fourth-order valence-electron chi connectivity index (χ4n) is 10.4. The van der Waals surface area contributed by atoms with Gasteiger partial charge in [0.25, 0.3) is 0 Å². The van der Waals surface area contributed by atoms with Crippen LogP contribution >= 0.6 is 0 Å². The van der Waals surface area contributed by atoms with Crippen molar-refractivity contribution in [3.8, 4) is 67.8 Å². The quantitative estimate of drug-likeness (QED) is 0.147. The van der Waals surface area contributed by atoms with Crippen LogP contribution in [0.1, 0.15) is 45.0 Å². The minimum absolute atomic E-state index is 0.196. The number of hydrogen-bond acceptors (Lipinski definition) is 8. The van der Waals surface area contributed by atoms with E-state index in [4.69, 9.17) is 29.9 Å². The first-order valence-corrected chi connectivity index (χ1v) is 22.0. The minimum atomic E-state index is -1.39. The van der Waals surface area contributed by atoms with Crippen LogP contribution in [0.4, 0.5) is 0 Å². The van der Waals surface area contributed by atoms with E-state index in [0.717, 1.165) is 77.9 Å². The van der Waals surface area contributed by atoms with Gasteiger partial charge in [0.15, 0.2) is 23.3 Å². The zero-order valence-electron chi connectivity index (χ0n) is 35.6. The summed E-state index contributed by atoms with van der Waals surface area (Å²) < 4.78 is 0. The van der Waals surface area contributed by atoms with Crippen molar-refractivity contribution in [2.24, 2.45) is 0 Å². The Kier molecular flexibility index (Phi) is 9.38. The van der Waals surface area contributed by atoms with E-state index in [1.54, 1.807) is 0 Å². The van der Waals surface area contributed by atoms with Gasteiger partial charge >= 0.3 is 0 Å². The Morgan fingerprint density at radius 1 is 0.288 bits per heavy atom. The number of fused-ring (bicyclic) bond motifs is 6. The predicted molar refractivity (Wildman–Crippen MR) is 257 cm³/mol. The smallest absolute Gasteiger partial charge is 0.163 e. The molecule has 8 heteroatoms. The molecule has 0 spiro atoms. The molecule has 314 valence electrons. The van der Waals surface area contributed by atoms with E-state index in [1.807, 2.05) is 133 Å². The third-order valence-corrected chi connectivity index (χ3v) is 13.2. The Balaban J connectivity index is 1.35. The van der Waals surface area contributed by atoms with Gasteiger partial charge in [-0.15, -0.1) is 0 Å². The van der Waals surface area contributed by atoms with Crippen molar-refractivity contribution in [3.05, 3.63) is 251 Å². The van der Waals surface area contributed by atoms with Gasteiger partial charge in [-0.05, 0) is 55.6 Å². The van der Waals surface area contributed by atoms with Gasteiger partial charge in [0.05, 0.1) is 13.2 Å². The molecular formula is C58H40N6O2. The van der Waals surface area contributed by atoms with Crippen molar-refractivity contribution in [2.75, 3.05) is 0 Å². The van der Waals surface area contributed by atoms with E-state index in [9.17, 15) is 10.2 Å². The normalized spacial score (nSPS) is 16.6. The van der Waals surface area contributed by atoms with Gasteiger partial charge < -0.3 is 10.2 Å². The first-order valence-electron chi connectivity index (χ1n) is 22.0. The van der Waals surface area contributed by atoms with E-state index in [-0.39, 0.29) is 13.2 Å². The lowest BCUT2D eigenvalue weighted by Gasteiger charge is -2.47. The van der Waals surface area contributed by atoms with Gasteiger partial charge in [-0.25, -0.2) is 29.9 Å². The van der Waals surface area contributed by atoms with Gasteiger partial charge in [0.1, 0.15) is 22.5 Å². The maximum atomic E-state index is 11.1. The molecule has 2 heterocycles. The van der Waals surface area contributed by atoms with Crippen LogP contribution in [0.3, 0.4) is 0 Å². The van der Waals surface area contributed by atoms with Crippen LogP contribution in [0.5, 0.6) is 0 Å². The first kappa shape index (κ1) is 39.3. The average Bonchev–Trinajstić information content (AvgIpc) is 3.87. The molecule has 0 aliphatic heterocycles. The van der Waals surface area contributed by atoms with Crippen LogP contribution in [0.2, 0.25) is 0 Å². The maximum Gasteiger partial charge on any atom is 0.163 e. The maximum absolute atomic E-state index is 11.1. The summed E-state index contributed by atoms with van der Waals surface area (Å²) in [5.74, 6) is 2.94. The molecule has 2 N–H and O–H groups in total. The van der Waals surface area contributed by atoms with Gasteiger partial charge in [-0.2, -0.15) is 0 Å². The van der Waals surface area contributed by atoms with Gasteiger partial charge in [-0.1, -0.05) is 206 Å². The molecule has 0 amide bonds. The van der Waals surface area contributed by atoms with Crippen LogP contribution < -0.4 is 0 Å². The molecule has 10 aromatic rings. The fraction of sp³-hybridized carbons (Fsp3) is 0.0690. The molecule has 0 fully saturated rings. The number of aliphatic hydroxyl groups excluding tert-OH is 2. The Labute approximate surface area is 381 Å². The van der Waals surface area contributed by atoms with Gasteiger partial charge in [0.2, 0.25) is 0 Å². The van der Waals surface area contributed by atoms with E-state index >= 15 is 0 Å². The number of benzene rings is 8. The van der Waals surface area contributed by atoms with Crippen molar-refractivity contribution in [3.63, 3.8) is 0 Å². The lowest BCUT2D eigenvalue weighted by Crippen LogP contribution is -2.53. The highest BCUT2D eigenvalue weighted by molar-refractivity contribution is 5.92. The van der Waals surface area contributed by atoms with Gasteiger partial charge in [0, 0.05) is 22.3 Å². The summed E-state index contributed by atoms with van der Waals surface area (Å²) in [6.07, 6.45) is 0. The van der Waals surface area contributed by atoms with Crippen molar-refractivity contribution in [1.29, 1.82) is 0 Å². The van der Waals surface area contributed by atoms with Crippen molar-refractivity contribution >= 4 is 0 Å². The molecule has 2 aliphatic carbocycles. The van der Waals surface area contributed by atoms with Crippen molar-refractivity contribution < 1.29 is 10.2 Å². The Hall–Kier alpha value is -8.30. The van der Waals surface area contributed by atoms with Crippen LogP contribution in [0, 0.1) is 0 Å². The summed E-state index contributed by atoms with van der Waals surface area (Å²) in [5.41, 5.74) is 9.49. The highest BCUT2D eigenvalue weighted by Crippen LogP contribution is 2.69. The highest BCUT2D eigenvalue weighted by Gasteiger charge is 2.68. The SMILES string of the molecule is OCc1ccc2c(c1)C(c1nc(-c3ccccc3)nc(-c3ccccc3)n1)(C1(c3nc(-c4ccccc4)nc(-c4ccccc4)n3)c3ccccc3-c3ccc(CO)cc31)c1ccccc1-2. The third kappa shape index (κ3) is 5.86. The van der Waals surface area contributed by atoms with E-state index in [0.29, 0.717) is 34.9 Å². The number of nitrogens with zero attached hydrogens (tertiary/aromatic N) is 6. The molecule has 2 aromatic heterocycles. The standard InChI is InChI=1S/C58H40N6O2/c65-35-37-29-31-45-43-25-13-15-27-47(43)57(49(45)33-37,55-61-51(39-17-5-1-6-18-39)59-52(62-55)40-19-7-2-8-20-40)58(48-28-16-14-26-44(48)46-32-30-38(36-66)34-50(46)58)56-63-53(41-21-9-3-10-22-41)60-54(64-56)42-23-11-4-12-24-42/h1-34,65-66H,35-36H2. The first-order chi connectivity index (χ1) is 32.6. The van der Waals surface area contributed by atoms with E-state index in [1.165, 1.54) is 0 Å². The molecule has 66 heavy (non-hydrogen) atoms. The number of aliphatic hydroxyl groups is 2. The summed E-state index contributed by atoms with van der Waals surface area (Å²) in [6.45, 7) is -0.392. The van der Waals surface area contributed by atoms with Gasteiger partial charge in [-0.3, -0.25) is 0 Å². The molecule has 0 bridgehead atoms. The fourth-order valence-corrected chi connectivity index (χ4v) is 10.4. The zero-order valence-corrected chi connectivity index (χ0v) is 35.6. The van der Waals surface area contributed by atoms with Crippen molar-refractivity contribution in [1.82, 2.24) is 29.9 Å². The Bertz CT molecular complexity index is 3110.